The second-order valence-corrected chi connectivity index (χ2v) is 8.00. The molecule has 0 spiro atoms. The van der Waals surface area contributed by atoms with Gasteiger partial charge in [0.05, 0.1) is 38.8 Å². The lowest BCUT2D eigenvalue weighted by Gasteiger charge is -2.23. The van der Waals surface area contributed by atoms with E-state index in [9.17, 15) is 19.2 Å². The van der Waals surface area contributed by atoms with Crippen LogP contribution in [0.4, 0.5) is 11.4 Å². The Morgan fingerprint density at radius 2 is 0.919 bits per heavy atom. The molecular weight excluding hydrogens is 480 g/mol. The maximum atomic E-state index is 12.3. The molecule has 192 valence electrons. The molecule has 2 aromatic rings. The zero-order valence-corrected chi connectivity index (χ0v) is 20.9. The van der Waals surface area contributed by atoms with Crippen molar-refractivity contribution in [3.63, 3.8) is 0 Å². The number of nitrogens with zero attached hydrogens (tertiary/aromatic N) is 2. The molecule has 0 atom stereocenters. The molecule has 0 radical (unpaired) electrons. The Bertz CT molecular complexity index is 1210. The summed E-state index contributed by atoms with van der Waals surface area (Å²) in [6.45, 7) is 4.21. The average molecular weight is 507 g/mol. The average Bonchev–Trinajstić information content (AvgIpc) is 3.39. The van der Waals surface area contributed by atoms with Gasteiger partial charge in [0.25, 0.3) is 23.6 Å². The number of ether oxygens (including phenoxy) is 4. The highest BCUT2D eigenvalue weighted by molar-refractivity contribution is 6.29. The Hall–Kier alpha value is -4.60. The number of hydrogen-bond donors (Lipinski definition) is 0. The highest BCUT2D eigenvalue weighted by Gasteiger charge is 2.31. The molecule has 0 saturated heterocycles. The van der Waals surface area contributed by atoms with Crippen LogP contribution in [0.1, 0.15) is 25.0 Å². The zero-order chi connectivity index (χ0) is 26.7. The summed E-state index contributed by atoms with van der Waals surface area (Å²) in [5, 5.41) is 0. The number of carbonyl (C=O) groups is 4. The topological polar surface area (TPSA) is 112 Å². The van der Waals surface area contributed by atoms with Crippen LogP contribution in [-0.4, -0.2) is 51.1 Å². The van der Waals surface area contributed by atoms with Gasteiger partial charge in [-0.2, -0.15) is 0 Å². The minimum Gasteiger partial charge on any atom is -0.496 e. The third-order valence-electron chi connectivity index (χ3n) is 5.80. The van der Waals surface area contributed by atoms with Crippen molar-refractivity contribution in [3.8, 4) is 23.0 Å². The fourth-order valence-electron chi connectivity index (χ4n) is 4.21. The molecule has 37 heavy (non-hydrogen) atoms. The first-order chi connectivity index (χ1) is 17.8. The summed E-state index contributed by atoms with van der Waals surface area (Å²) in [6, 6.07) is 6.59. The molecular formula is C27H26N2O8. The van der Waals surface area contributed by atoms with Crippen LogP contribution in [0.25, 0.3) is 0 Å². The first-order valence-corrected chi connectivity index (χ1v) is 11.6. The molecule has 2 heterocycles. The highest BCUT2D eigenvalue weighted by atomic mass is 16.5. The molecule has 2 aliphatic heterocycles. The first kappa shape index (κ1) is 25.5. The van der Waals surface area contributed by atoms with E-state index in [-0.39, 0.29) is 17.8 Å². The van der Waals surface area contributed by atoms with Gasteiger partial charge in [-0.3, -0.25) is 19.2 Å². The lowest BCUT2D eigenvalue weighted by Crippen LogP contribution is -2.30. The third kappa shape index (κ3) is 4.77. The molecule has 4 rings (SSSR count). The van der Waals surface area contributed by atoms with Crippen LogP contribution in [0, 0.1) is 0 Å². The van der Waals surface area contributed by atoms with Gasteiger partial charge in [0.1, 0.15) is 23.0 Å². The van der Waals surface area contributed by atoms with E-state index >= 15 is 0 Å². The van der Waals surface area contributed by atoms with E-state index in [4.69, 9.17) is 18.9 Å². The number of imide groups is 2. The van der Waals surface area contributed by atoms with Gasteiger partial charge >= 0.3 is 0 Å². The number of methoxy groups -OCH3 is 2. The van der Waals surface area contributed by atoms with E-state index < -0.39 is 23.6 Å². The molecule has 0 saturated carbocycles. The molecule has 0 aliphatic carbocycles. The van der Waals surface area contributed by atoms with Gasteiger partial charge in [-0.05, 0) is 26.0 Å². The van der Waals surface area contributed by atoms with Crippen molar-refractivity contribution in [2.75, 3.05) is 37.2 Å². The Labute approximate surface area is 213 Å². The van der Waals surface area contributed by atoms with Crippen molar-refractivity contribution >= 4 is 35.0 Å². The number of rotatable bonds is 10. The van der Waals surface area contributed by atoms with Crippen LogP contribution >= 0.6 is 0 Å². The van der Waals surface area contributed by atoms with Gasteiger partial charge < -0.3 is 18.9 Å². The van der Waals surface area contributed by atoms with Gasteiger partial charge in [-0.25, -0.2) is 9.80 Å². The monoisotopic (exact) mass is 506 g/mol. The lowest BCUT2D eigenvalue weighted by molar-refractivity contribution is -0.121. The van der Waals surface area contributed by atoms with Crippen molar-refractivity contribution in [1.82, 2.24) is 0 Å². The van der Waals surface area contributed by atoms with Crippen molar-refractivity contribution in [2.24, 2.45) is 0 Å². The quantitative estimate of drug-likeness (QED) is 0.452. The molecule has 0 unspecified atom stereocenters. The summed E-state index contributed by atoms with van der Waals surface area (Å²) in [6.07, 6.45) is 5.08. The molecule has 2 aromatic carbocycles. The highest BCUT2D eigenvalue weighted by Crippen LogP contribution is 2.42. The third-order valence-corrected chi connectivity index (χ3v) is 5.80. The minimum absolute atomic E-state index is 0.276. The predicted molar refractivity (Wildman–Crippen MR) is 134 cm³/mol. The molecule has 0 bridgehead atoms. The second kappa shape index (κ2) is 10.6. The van der Waals surface area contributed by atoms with E-state index in [1.807, 2.05) is 0 Å². The zero-order valence-electron chi connectivity index (χ0n) is 20.9. The molecule has 10 nitrogen and oxygen atoms in total. The maximum Gasteiger partial charge on any atom is 0.258 e. The number of amides is 4. The van der Waals surface area contributed by atoms with Gasteiger partial charge in [0.2, 0.25) is 0 Å². The number of hydrogen-bond acceptors (Lipinski definition) is 8. The fraction of sp³-hybridized carbons (Fsp3) is 0.259. The van der Waals surface area contributed by atoms with Gasteiger partial charge in [-0.1, -0.05) is 0 Å². The number of benzene rings is 2. The van der Waals surface area contributed by atoms with Crippen LogP contribution in [0.5, 0.6) is 23.0 Å². The van der Waals surface area contributed by atoms with E-state index in [1.54, 1.807) is 38.1 Å². The Balaban J connectivity index is 1.79. The summed E-state index contributed by atoms with van der Waals surface area (Å²) in [4.78, 5) is 51.3. The van der Waals surface area contributed by atoms with E-state index in [2.05, 4.69) is 0 Å². The Morgan fingerprint density at radius 3 is 1.22 bits per heavy atom. The summed E-state index contributed by atoms with van der Waals surface area (Å²) in [5.74, 6) is -0.375. The fourth-order valence-corrected chi connectivity index (χ4v) is 4.21. The van der Waals surface area contributed by atoms with Crippen molar-refractivity contribution < 1.29 is 38.1 Å². The first-order valence-electron chi connectivity index (χ1n) is 11.6. The molecule has 0 fully saturated rings. The van der Waals surface area contributed by atoms with Crippen LogP contribution < -0.4 is 28.7 Å². The molecule has 0 N–H and O–H groups in total. The Morgan fingerprint density at radius 1 is 0.568 bits per heavy atom. The number of anilines is 2. The largest absolute Gasteiger partial charge is 0.496 e. The van der Waals surface area contributed by atoms with Crippen molar-refractivity contribution in [1.29, 1.82) is 0 Å². The predicted octanol–water partition coefficient (Wildman–Crippen LogP) is 2.95. The summed E-state index contributed by atoms with van der Waals surface area (Å²) >= 11 is 0. The van der Waals surface area contributed by atoms with Gasteiger partial charge in [0.15, 0.2) is 0 Å². The minimum atomic E-state index is -0.472. The van der Waals surface area contributed by atoms with E-state index in [0.717, 1.165) is 9.80 Å². The summed E-state index contributed by atoms with van der Waals surface area (Å²) in [7, 11) is 2.97. The van der Waals surface area contributed by atoms with Crippen LogP contribution in [-0.2, 0) is 25.6 Å². The second-order valence-electron chi connectivity index (χ2n) is 8.00. The van der Waals surface area contributed by atoms with Crippen LogP contribution in [0.3, 0.4) is 0 Å². The Kier molecular flexibility index (Phi) is 7.28. The number of carbonyl (C=O) groups excluding carboxylic acids is 4. The molecule has 0 aromatic heterocycles. The lowest BCUT2D eigenvalue weighted by atomic mass is 10.0. The SMILES string of the molecule is CCOc1cc(Cc2cc(OCC)c(N3C(=O)C=CC3=O)cc2OC)c(OC)cc1N1C(=O)C=CC1=O. The van der Waals surface area contributed by atoms with Crippen molar-refractivity contribution in [2.45, 2.75) is 20.3 Å². The summed E-state index contributed by atoms with van der Waals surface area (Å²) in [5.41, 5.74) is 1.92. The van der Waals surface area contributed by atoms with Gasteiger partial charge in [0, 0.05) is 54.0 Å². The van der Waals surface area contributed by atoms with E-state index in [1.165, 1.54) is 38.5 Å². The normalized spacial score (nSPS) is 14.7. The molecule has 2 aliphatic rings. The van der Waals surface area contributed by atoms with Gasteiger partial charge in [-0.15, -0.1) is 0 Å². The van der Waals surface area contributed by atoms with E-state index in [0.29, 0.717) is 47.3 Å². The van der Waals surface area contributed by atoms with Crippen molar-refractivity contribution in [3.05, 3.63) is 59.7 Å². The molecule has 4 amide bonds. The molecule has 10 heteroatoms. The summed E-state index contributed by atoms with van der Waals surface area (Å²) < 4.78 is 22.8. The van der Waals surface area contributed by atoms with Crippen LogP contribution in [0.2, 0.25) is 0 Å². The smallest absolute Gasteiger partial charge is 0.258 e. The van der Waals surface area contributed by atoms with Crippen LogP contribution in [0.15, 0.2) is 48.6 Å². The standard InChI is InChI=1S/C27H26N2O8/c1-5-36-22-12-16(20(34-3)14-18(22)28-24(30)7-8-25(28)31)11-17-13-23(37-6-2)19(15-21(17)35-4)29-26(32)9-10-27(29)33/h7-10,12-15H,5-6,11H2,1-4H3. The maximum absolute atomic E-state index is 12.3.